The average Bonchev–Trinajstić information content (AvgIpc) is 2.62. The van der Waals surface area contributed by atoms with Crippen LogP contribution in [0.2, 0.25) is 0 Å². The predicted octanol–water partition coefficient (Wildman–Crippen LogP) is 2.97. The van der Waals surface area contributed by atoms with Crippen molar-refractivity contribution in [3.05, 3.63) is 41.7 Å². The van der Waals surface area contributed by atoms with Crippen LogP contribution in [0.4, 0.5) is 0 Å². The van der Waals surface area contributed by atoms with Gasteiger partial charge < -0.3 is 4.74 Å². The van der Waals surface area contributed by atoms with Crippen LogP contribution in [0, 0.1) is 12.0 Å². The number of ether oxygens (including phenoxy) is 1. The molecule has 1 nitrogen and oxygen atoms in total. The molecule has 1 aliphatic heterocycles. The van der Waals surface area contributed by atoms with Gasteiger partial charge in [0.15, 0.2) is 6.10 Å². The number of rotatable bonds is 2. The number of allylic oxidation sites excluding steroid dienone is 3. The topological polar surface area (TPSA) is 9.23 Å². The van der Waals surface area contributed by atoms with Crippen LogP contribution in [-0.2, 0) is 4.74 Å². The summed E-state index contributed by atoms with van der Waals surface area (Å²) < 4.78 is 5.51. The third-order valence-corrected chi connectivity index (χ3v) is 2.49. The molecule has 0 N–H and O–H groups in total. The van der Waals surface area contributed by atoms with E-state index in [2.05, 4.69) is 32.1 Å². The van der Waals surface area contributed by atoms with E-state index in [9.17, 15) is 0 Å². The molecule has 0 aromatic heterocycles. The van der Waals surface area contributed by atoms with E-state index in [1.54, 1.807) is 0 Å². The van der Waals surface area contributed by atoms with Crippen molar-refractivity contribution >= 4 is 0 Å². The van der Waals surface area contributed by atoms with Gasteiger partial charge in [-0.15, -0.1) is 0 Å². The molecule has 1 atom stereocenters. The lowest BCUT2D eigenvalue weighted by atomic mass is 9.94. The van der Waals surface area contributed by atoms with Crippen molar-refractivity contribution in [1.29, 1.82) is 0 Å². The molecule has 0 saturated carbocycles. The minimum atomic E-state index is 0.532. The van der Waals surface area contributed by atoms with Crippen LogP contribution in [0.5, 0.6) is 0 Å². The Kier molecular flexibility index (Phi) is 1.80. The first-order valence-electron chi connectivity index (χ1n) is 4.45. The maximum absolute atomic E-state index is 5.51. The predicted molar refractivity (Wildman–Crippen MR) is 49.1 cm³/mol. The van der Waals surface area contributed by atoms with Gasteiger partial charge in [0.1, 0.15) is 0 Å². The molecule has 0 aromatic rings. The molecule has 1 radical (unpaired) electrons. The van der Waals surface area contributed by atoms with E-state index >= 15 is 0 Å². The van der Waals surface area contributed by atoms with Crippen molar-refractivity contribution in [2.45, 2.75) is 20.3 Å². The van der Waals surface area contributed by atoms with Gasteiger partial charge in [-0.2, -0.15) is 0 Å². The second-order valence-electron chi connectivity index (χ2n) is 3.30. The van der Waals surface area contributed by atoms with E-state index in [1.165, 1.54) is 11.1 Å². The van der Waals surface area contributed by atoms with Crippen LogP contribution in [0.3, 0.4) is 0 Å². The summed E-state index contributed by atoms with van der Waals surface area (Å²) in [6.45, 7) is 4.38. The third-order valence-electron chi connectivity index (χ3n) is 2.49. The fraction of sp³-hybridized carbons (Fsp3) is 0.364. The quantitative estimate of drug-likeness (QED) is 0.605. The van der Waals surface area contributed by atoms with E-state index in [-0.39, 0.29) is 0 Å². The first-order valence-corrected chi connectivity index (χ1v) is 4.45. The van der Waals surface area contributed by atoms with E-state index in [0.717, 1.165) is 12.5 Å². The molecule has 2 rings (SSSR count). The number of hydrogen-bond donors (Lipinski definition) is 0. The monoisotopic (exact) mass is 161 g/mol. The lowest BCUT2D eigenvalue weighted by Crippen LogP contribution is -2.08. The summed E-state index contributed by atoms with van der Waals surface area (Å²) in [6.07, 6.45) is 10.4. The summed E-state index contributed by atoms with van der Waals surface area (Å²) in [5.74, 6) is 0.532. The van der Waals surface area contributed by atoms with Gasteiger partial charge in [0.25, 0.3) is 0 Å². The summed E-state index contributed by atoms with van der Waals surface area (Å²) in [6, 6.07) is 0. The van der Waals surface area contributed by atoms with E-state index < -0.39 is 0 Å². The lowest BCUT2D eigenvalue weighted by Gasteiger charge is -2.16. The van der Waals surface area contributed by atoms with E-state index in [1.807, 2.05) is 6.26 Å². The molecule has 0 fully saturated rings. The summed E-state index contributed by atoms with van der Waals surface area (Å²) >= 11 is 0. The Balaban J connectivity index is 2.16. The average molecular weight is 161 g/mol. The van der Waals surface area contributed by atoms with Gasteiger partial charge >= 0.3 is 0 Å². The van der Waals surface area contributed by atoms with Gasteiger partial charge in [-0.05, 0) is 6.42 Å². The Morgan fingerprint density at radius 1 is 1.50 bits per heavy atom. The van der Waals surface area contributed by atoms with E-state index in [0.29, 0.717) is 5.92 Å². The third kappa shape index (κ3) is 1.01. The first-order chi connectivity index (χ1) is 5.83. The van der Waals surface area contributed by atoms with Crippen molar-refractivity contribution in [3.8, 4) is 0 Å². The molecular weight excluding hydrogens is 148 g/mol. The molecule has 0 spiro atoms. The molecule has 0 bridgehead atoms. The van der Waals surface area contributed by atoms with Crippen molar-refractivity contribution in [3.63, 3.8) is 0 Å². The number of hydrogen-bond acceptors (Lipinski definition) is 1. The second kappa shape index (κ2) is 2.81. The molecule has 1 unspecified atom stereocenters. The standard InChI is InChI=1S/C11H13O/c1-3-8(2)11-10-6-4-5-9(10)7-12-11/h4-8H,3H2,1-2H3. The maximum atomic E-state index is 5.51. The summed E-state index contributed by atoms with van der Waals surface area (Å²) in [7, 11) is 0. The van der Waals surface area contributed by atoms with Gasteiger partial charge in [0.05, 0.1) is 6.26 Å². The van der Waals surface area contributed by atoms with Crippen LogP contribution in [0.15, 0.2) is 35.6 Å². The smallest absolute Gasteiger partial charge is 0.180 e. The van der Waals surface area contributed by atoms with E-state index in [4.69, 9.17) is 4.74 Å². The largest absolute Gasteiger partial charge is 0.485 e. The fourth-order valence-corrected chi connectivity index (χ4v) is 1.52. The normalized spacial score (nSPS) is 23.2. The Labute approximate surface area is 73.4 Å². The molecular formula is C11H13O. The Morgan fingerprint density at radius 2 is 2.33 bits per heavy atom. The maximum Gasteiger partial charge on any atom is 0.180 e. The fourth-order valence-electron chi connectivity index (χ4n) is 1.52. The molecule has 1 heteroatoms. The van der Waals surface area contributed by atoms with Gasteiger partial charge in [-0.1, -0.05) is 32.1 Å². The SMILES string of the molecule is CCC(C)[C]1OC=C2C=CC=C12. The van der Waals surface area contributed by atoms with Gasteiger partial charge in [-0.3, -0.25) is 0 Å². The highest BCUT2D eigenvalue weighted by atomic mass is 16.5. The highest BCUT2D eigenvalue weighted by Gasteiger charge is 2.30. The summed E-state index contributed by atoms with van der Waals surface area (Å²) in [5, 5.41) is 0. The highest BCUT2D eigenvalue weighted by molar-refractivity contribution is 5.56. The van der Waals surface area contributed by atoms with Crippen LogP contribution in [-0.4, -0.2) is 0 Å². The molecule has 12 heavy (non-hydrogen) atoms. The number of fused-ring (bicyclic) bond motifs is 1. The molecule has 63 valence electrons. The molecule has 0 saturated heterocycles. The Bertz CT molecular complexity index is 271. The molecule has 2 aliphatic rings. The van der Waals surface area contributed by atoms with Crippen molar-refractivity contribution in [2.24, 2.45) is 5.92 Å². The van der Waals surface area contributed by atoms with Crippen LogP contribution in [0.25, 0.3) is 0 Å². The van der Waals surface area contributed by atoms with Crippen LogP contribution < -0.4 is 0 Å². The molecule has 1 heterocycles. The van der Waals surface area contributed by atoms with Gasteiger partial charge in [-0.25, -0.2) is 0 Å². The molecule has 0 amide bonds. The second-order valence-corrected chi connectivity index (χ2v) is 3.30. The zero-order valence-corrected chi connectivity index (χ0v) is 7.50. The van der Waals surface area contributed by atoms with Crippen molar-refractivity contribution < 1.29 is 4.74 Å². The van der Waals surface area contributed by atoms with Crippen LogP contribution in [0.1, 0.15) is 20.3 Å². The summed E-state index contributed by atoms with van der Waals surface area (Å²) in [4.78, 5) is 0. The minimum Gasteiger partial charge on any atom is -0.485 e. The molecule has 0 aromatic carbocycles. The van der Waals surface area contributed by atoms with Crippen LogP contribution >= 0.6 is 0 Å². The zero-order chi connectivity index (χ0) is 8.55. The summed E-state index contributed by atoms with van der Waals surface area (Å²) in [5.41, 5.74) is 2.51. The first kappa shape index (κ1) is 7.66. The van der Waals surface area contributed by atoms with Crippen molar-refractivity contribution in [2.75, 3.05) is 0 Å². The van der Waals surface area contributed by atoms with Gasteiger partial charge in [0, 0.05) is 17.1 Å². The Morgan fingerprint density at radius 3 is 3.08 bits per heavy atom. The highest BCUT2D eigenvalue weighted by Crippen LogP contribution is 2.40. The lowest BCUT2D eigenvalue weighted by molar-refractivity contribution is 0.239. The Hall–Kier alpha value is -0.980. The zero-order valence-electron chi connectivity index (χ0n) is 7.50. The molecule has 1 aliphatic carbocycles. The van der Waals surface area contributed by atoms with Gasteiger partial charge in [0.2, 0.25) is 0 Å². The van der Waals surface area contributed by atoms with Crippen molar-refractivity contribution in [1.82, 2.24) is 0 Å². The minimum absolute atomic E-state index is 0.532.